The summed E-state index contributed by atoms with van der Waals surface area (Å²) in [5.41, 5.74) is -2.87. The van der Waals surface area contributed by atoms with Crippen LogP contribution in [0.3, 0.4) is 0 Å². The molecule has 0 saturated heterocycles. The molecule has 1 aliphatic rings. The van der Waals surface area contributed by atoms with Crippen LogP contribution in [0.5, 0.6) is 0 Å². The third kappa shape index (κ3) is 4.71. The van der Waals surface area contributed by atoms with Crippen molar-refractivity contribution in [3.05, 3.63) is 57.6 Å². The number of rotatable bonds is 6. The Hall–Kier alpha value is -3.01. The Morgan fingerprint density at radius 3 is 2.59 bits per heavy atom. The number of fused-ring (bicyclic) bond motifs is 2. The Balaban J connectivity index is 1.27. The van der Waals surface area contributed by atoms with E-state index in [-0.39, 0.29) is 37.2 Å². The number of carbonyl (C=O) groups is 1. The van der Waals surface area contributed by atoms with Crippen molar-refractivity contribution in [3.63, 3.8) is 0 Å². The highest BCUT2D eigenvalue weighted by molar-refractivity contribution is 7.89. The SMILES string of the molecule is CCc1nc2sc(Cl)cn2c1C(=O)NCc1ccc(-c2nc3n(n2)CCN(S(=O)(=O)C(F)(F)F)C3)cc1. The van der Waals surface area contributed by atoms with Gasteiger partial charge in [-0.05, 0) is 12.0 Å². The Morgan fingerprint density at radius 2 is 1.92 bits per heavy atom. The molecule has 37 heavy (non-hydrogen) atoms. The molecular formula is C21H19ClF3N7O3S2. The number of benzene rings is 1. The van der Waals surface area contributed by atoms with Crippen molar-refractivity contribution >= 4 is 43.8 Å². The van der Waals surface area contributed by atoms with E-state index in [1.165, 1.54) is 16.0 Å². The van der Waals surface area contributed by atoms with Gasteiger partial charge in [-0.1, -0.05) is 54.1 Å². The van der Waals surface area contributed by atoms with Crippen LogP contribution >= 0.6 is 22.9 Å². The summed E-state index contributed by atoms with van der Waals surface area (Å²) in [5, 5.41) is 7.18. The minimum Gasteiger partial charge on any atom is -0.347 e. The minimum absolute atomic E-state index is 0.0429. The van der Waals surface area contributed by atoms with Gasteiger partial charge in [-0.15, -0.1) is 0 Å². The third-order valence-electron chi connectivity index (χ3n) is 5.85. The van der Waals surface area contributed by atoms with Crippen molar-refractivity contribution < 1.29 is 26.4 Å². The number of hydrogen-bond acceptors (Lipinski definition) is 7. The van der Waals surface area contributed by atoms with Gasteiger partial charge < -0.3 is 5.32 Å². The number of halogens is 4. The molecule has 0 aliphatic carbocycles. The number of aryl methyl sites for hydroxylation is 1. The van der Waals surface area contributed by atoms with Crippen molar-refractivity contribution in [2.45, 2.75) is 38.5 Å². The zero-order valence-electron chi connectivity index (χ0n) is 19.2. The maximum atomic E-state index is 12.9. The van der Waals surface area contributed by atoms with Crippen molar-refractivity contribution in [2.24, 2.45) is 0 Å². The van der Waals surface area contributed by atoms with E-state index in [0.717, 1.165) is 5.56 Å². The molecule has 1 aromatic carbocycles. The summed E-state index contributed by atoms with van der Waals surface area (Å²) in [6.07, 6.45) is 2.25. The summed E-state index contributed by atoms with van der Waals surface area (Å²) in [6, 6.07) is 6.98. The summed E-state index contributed by atoms with van der Waals surface area (Å²) in [6.45, 7) is 1.24. The fourth-order valence-electron chi connectivity index (χ4n) is 3.98. The lowest BCUT2D eigenvalue weighted by molar-refractivity contribution is -0.0496. The van der Waals surface area contributed by atoms with Crippen LogP contribution in [0.1, 0.15) is 34.5 Å². The maximum absolute atomic E-state index is 12.9. The first kappa shape index (κ1) is 25.6. The number of imidazole rings is 1. The molecule has 4 heterocycles. The van der Waals surface area contributed by atoms with E-state index in [9.17, 15) is 26.4 Å². The van der Waals surface area contributed by atoms with E-state index in [1.54, 1.807) is 34.9 Å². The molecule has 3 aromatic heterocycles. The molecule has 0 bridgehead atoms. The van der Waals surface area contributed by atoms with Crippen molar-refractivity contribution in [1.82, 2.24) is 33.8 Å². The normalized spacial score (nSPS) is 14.7. The first-order chi connectivity index (χ1) is 17.5. The Kier molecular flexibility index (Phi) is 6.50. The highest BCUT2D eigenvalue weighted by Crippen LogP contribution is 2.30. The van der Waals surface area contributed by atoms with Gasteiger partial charge in [0.2, 0.25) is 0 Å². The van der Waals surface area contributed by atoms with Gasteiger partial charge in [0.25, 0.3) is 5.91 Å². The van der Waals surface area contributed by atoms with Gasteiger partial charge in [0, 0.05) is 24.8 Å². The molecular weight excluding hydrogens is 555 g/mol. The quantitative estimate of drug-likeness (QED) is 0.378. The van der Waals surface area contributed by atoms with Gasteiger partial charge in [-0.3, -0.25) is 9.20 Å². The average molecular weight is 574 g/mol. The smallest absolute Gasteiger partial charge is 0.347 e. The largest absolute Gasteiger partial charge is 0.511 e. The van der Waals surface area contributed by atoms with Gasteiger partial charge in [-0.2, -0.15) is 22.6 Å². The zero-order chi connectivity index (χ0) is 26.5. The van der Waals surface area contributed by atoms with Crippen LogP contribution in [-0.2, 0) is 36.1 Å². The molecule has 16 heteroatoms. The van der Waals surface area contributed by atoms with E-state index < -0.39 is 22.1 Å². The summed E-state index contributed by atoms with van der Waals surface area (Å²) < 4.78 is 66.1. The van der Waals surface area contributed by atoms with Crippen molar-refractivity contribution in [1.29, 1.82) is 0 Å². The van der Waals surface area contributed by atoms with Gasteiger partial charge in [0.1, 0.15) is 15.9 Å². The molecule has 5 rings (SSSR count). The molecule has 1 N–H and O–H groups in total. The molecule has 0 saturated carbocycles. The van der Waals surface area contributed by atoms with Crippen LogP contribution in [0.15, 0.2) is 30.5 Å². The molecule has 0 spiro atoms. The lowest BCUT2D eigenvalue weighted by atomic mass is 10.1. The minimum atomic E-state index is -5.44. The first-order valence-corrected chi connectivity index (χ1v) is 13.6. The topological polar surface area (TPSA) is 114 Å². The summed E-state index contributed by atoms with van der Waals surface area (Å²) in [4.78, 5) is 22.2. The summed E-state index contributed by atoms with van der Waals surface area (Å²) >= 11 is 7.34. The molecule has 0 fully saturated rings. The highest BCUT2D eigenvalue weighted by Gasteiger charge is 2.50. The first-order valence-electron chi connectivity index (χ1n) is 11.0. The second-order valence-electron chi connectivity index (χ2n) is 8.19. The molecule has 0 radical (unpaired) electrons. The Labute approximate surface area is 217 Å². The van der Waals surface area contributed by atoms with Crippen LogP contribution in [0.2, 0.25) is 4.34 Å². The molecule has 0 atom stereocenters. The van der Waals surface area contributed by atoms with Gasteiger partial charge in [0.05, 0.1) is 18.8 Å². The van der Waals surface area contributed by atoms with Crippen LogP contribution in [0, 0.1) is 0 Å². The van der Waals surface area contributed by atoms with Gasteiger partial charge in [-0.25, -0.2) is 23.1 Å². The molecule has 196 valence electrons. The van der Waals surface area contributed by atoms with Crippen LogP contribution in [0.4, 0.5) is 13.2 Å². The van der Waals surface area contributed by atoms with Gasteiger partial charge in [0.15, 0.2) is 10.8 Å². The lowest BCUT2D eigenvalue weighted by Gasteiger charge is -2.26. The number of alkyl halides is 3. The number of amides is 1. The van der Waals surface area contributed by atoms with E-state index in [2.05, 4.69) is 20.4 Å². The van der Waals surface area contributed by atoms with E-state index in [0.29, 0.717) is 37.0 Å². The highest BCUT2D eigenvalue weighted by atomic mass is 35.5. The predicted octanol–water partition coefficient (Wildman–Crippen LogP) is 3.47. The third-order valence-corrected chi connectivity index (χ3v) is 8.52. The van der Waals surface area contributed by atoms with E-state index in [4.69, 9.17) is 11.6 Å². The number of carbonyl (C=O) groups excluding carboxylic acids is 1. The number of hydrogen-bond donors (Lipinski definition) is 1. The summed E-state index contributed by atoms with van der Waals surface area (Å²) in [5.74, 6) is 0.0999. The number of thiazole rings is 1. The average Bonchev–Trinajstić information content (AvgIpc) is 3.53. The Morgan fingerprint density at radius 1 is 1.19 bits per heavy atom. The number of sulfonamides is 1. The molecule has 10 nitrogen and oxygen atoms in total. The van der Waals surface area contributed by atoms with Crippen molar-refractivity contribution in [3.8, 4) is 11.4 Å². The monoisotopic (exact) mass is 573 g/mol. The zero-order valence-corrected chi connectivity index (χ0v) is 21.5. The van der Waals surface area contributed by atoms with Crippen LogP contribution in [-0.4, -0.2) is 54.8 Å². The molecule has 1 aliphatic heterocycles. The number of nitrogens with zero attached hydrogens (tertiary/aromatic N) is 6. The Bertz CT molecular complexity index is 1590. The summed E-state index contributed by atoms with van der Waals surface area (Å²) in [7, 11) is -5.44. The molecule has 1 amide bonds. The maximum Gasteiger partial charge on any atom is 0.511 e. The standard InChI is InChI=1S/C21H19ClF3N7O3S2/c1-2-14-17(31-10-15(22)36-20(31)27-14)19(33)26-9-12-3-5-13(6-4-12)18-28-16-11-30(7-8-32(16)29-18)37(34,35)21(23,24)25/h3-6,10H,2,7-9,11H2,1H3,(H,26,33). The predicted molar refractivity (Wildman–Crippen MR) is 129 cm³/mol. The van der Waals surface area contributed by atoms with Crippen LogP contribution < -0.4 is 5.32 Å². The second kappa shape index (κ2) is 9.38. The fourth-order valence-corrected chi connectivity index (χ4v) is 5.91. The van der Waals surface area contributed by atoms with E-state index in [1.807, 2.05) is 6.92 Å². The van der Waals surface area contributed by atoms with Crippen molar-refractivity contribution in [2.75, 3.05) is 6.54 Å². The molecule has 0 unspecified atom stereocenters. The van der Waals surface area contributed by atoms with Crippen LogP contribution in [0.25, 0.3) is 16.3 Å². The lowest BCUT2D eigenvalue weighted by Crippen LogP contribution is -2.44. The fraction of sp³-hybridized carbons (Fsp3) is 0.333. The number of aromatic nitrogens is 5. The van der Waals surface area contributed by atoms with Gasteiger partial charge >= 0.3 is 15.5 Å². The molecule has 4 aromatic rings. The van der Waals surface area contributed by atoms with E-state index >= 15 is 0 Å². The second-order valence-corrected chi connectivity index (χ2v) is 11.8. The number of nitrogens with one attached hydrogen (secondary N) is 1.